The summed E-state index contributed by atoms with van der Waals surface area (Å²) in [5.74, 6) is 0.0158. The summed E-state index contributed by atoms with van der Waals surface area (Å²) in [6.45, 7) is 2.03. The first-order valence-corrected chi connectivity index (χ1v) is 7.72. The molecule has 100 valence electrons. The number of carbonyl (C=O) groups is 1. The number of aromatic nitrogens is 1. The van der Waals surface area contributed by atoms with Gasteiger partial charge >= 0.3 is 0 Å². The molecule has 0 aliphatic heterocycles. The van der Waals surface area contributed by atoms with E-state index in [1.54, 1.807) is 6.20 Å². The van der Waals surface area contributed by atoms with Crippen LogP contribution in [-0.2, 0) is 0 Å². The quantitative estimate of drug-likeness (QED) is 0.595. The summed E-state index contributed by atoms with van der Waals surface area (Å²) in [5.41, 5.74) is 3.52. The number of carbonyl (C=O) groups excluding carboxylic acids is 1. The van der Waals surface area contributed by atoms with Crippen LogP contribution in [0.15, 0.2) is 51.5 Å². The fourth-order valence-corrected chi connectivity index (χ4v) is 3.56. The predicted octanol–water partition coefficient (Wildman–Crippen LogP) is 5.23. The second-order valence-corrected chi connectivity index (χ2v) is 6.57. The molecule has 3 aromatic rings. The minimum atomic E-state index is 0.0158. The number of aryl methyl sites for hydroxylation is 1. The number of ketones is 1. The van der Waals surface area contributed by atoms with Crippen molar-refractivity contribution in [2.75, 3.05) is 0 Å². The average molecular weight is 393 g/mol. The molecule has 0 bridgehead atoms. The van der Waals surface area contributed by atoms with Crippen LogP contribution in [0.4, 0.5) is 0 Å². The summed E-state index contributed by atoms with van der Waals surface area (Å²) in [7, 11) is 0. The van der Waals surface area contributed by atoms with E-state index < -0.39 is 0 Å². The Bertz CT molecular complexity index is 800. The monoisotopic (exact) mass is 391 g/mol. The van der Waals surface area contributed by atoms with Crippen molar-refractivity contribution in [2.45, 2.75) is 6.92 Å². The Morgan fingerprint density at radius 2 is 1.75 bits per heavy atom. The van der Waals surface area contributed by atoms with E-state index in [1.807, 2.05) is 43.3 Å². The Morgan fingerprint density at radius 1 is 1.05 bits per heavy atom. The lowest BCUT2D eigenvalue weighted by atomic mass is 10.0. The lowest BCUT2D eigenvalue weighted by Gasteiger charge is -2.02. The van der Waals surface area contributed by atoms with Crippen LogP contribution in [0, 0.1) is 6.92 Å². The molecule has 0 atom stereocenters. The summed E-state index contributed by atoms with van der Waals surface area (Å²) in [5, 5.41) is 0.955. The van der Waals surface area contributed by atoms with Gasteiger partial charge < -0.3 is 4.98 Å². The third-order valence-corrected chi connectivity index (χ3v) is 4.12. The van der Waals surface area contributed by atoms with E-state index in [1.165, 1.54) is 5.56 Å². The lowest BCUT2D eigenvalue weighted by Crippen LogP contribution is -2.00. The number of fused-ring (bicyclic) bond motifs is 1. The van der Waals surface area contributed by atoms with Crippen LogP contribution in [0.3, 0.4) is 0 Å². The van der Waals surface area contributed by atoms with Gasteiger partial charge in [-0.15, -0.1) is 0 Å². The zero-order valence-electron chi connectivity index (χ0n) is 10.7. The highest BCUT2D eigenvalue weighted by Gasteiger charge is 2.15. The van der Waals surface area contributed by atoms with Gasteiger partial charge in [0.15, 0.2) is 5.78 Å². The van der Waals surface area contributed by atoms with Crippen molar-refractivity contribution in [3.05, 3.63) is 68.2 Å². The number of halogens is 2. The minimum absolute atomic E-state index is 0.0158. The van der Waals surface area contributed by atoms with E-state index in [0.29, 0.717) is 11.1 Å². The van der Waals surface area contributed by atoms with Crippen LogP contribution >= 0.6 is 31.9 Å². The maximum absolute atomic E-state index is 12.6. The number of hydrogen-bond acceptors (Lipinski definition) is 1. The van der Waals surface area contributed by atoms with Crippen LogP contribution in [0.5, 0.6) is 0 Å². The van der Waals surface area contributed by atoms with Gasteiger partial charge in [0.2, 0.25) is 0 Å². The molecular formula is C16H11Br2NO. The fraction of sp³-hybridized carbons (Fsp3) is 0.0625. The van der Waals surface area contributed by atoms with Crippen molar-refractivity contribution in [1.82, 2.24) is 4.98 Å². The Hall–Kier alpha value is -1.39. The third kappa shape index (κ3) is 2.45. The molecule has 1 aromatic heterocycles. The van der Waals surface area contributed by atoms with Crippen molar-refractivity contribution < 1.29 is 4.79 Å². The van der Waals surface area contributed by atoms with Gasteiger partial charge in [0.25, 0.3) is 0 Å². The van der Waals surface area contributed by atoms with E-state index in [-0.39, 0.29) is 5.78 Å². The van der Waals surface area contributed by atoms with E-state index in [2.05, 4.69) is 36.8 Å². The lowest BCUT2D eigenvalue weighted by molar-refractivity contribution is 0.104. The summed E-state index contributed by atoms with van der Waals surface area (Å²) in [6, 6.07) is 11.6. The van der Waals surface area contributed by atoms with Gasteiger partial charge in [0.05, 0.1) is 0 Å². The van der Waals surface area contributed by atoms with Crippen LogP contribution in [-0.4, -0.2) is 10.8 Å². The molecule has 0 saturated carbocycles. The van der Waals surface area contributed by atoms with Gasteiger partial charge in [-0.05, 0) is 36.8 Å². The van der Waals surface area contributed by atoms with Gasteiger partial charge in [-0.25, -0.2) is 0 Å². The first-order valence-electron chi connectivity index (χ1n) is 6.13. The number of rotatable bonds is 2. The van der Waals surface area contributed by atoms with E-state index >= 15 is 0 Å². The maximum atomic E-state index is 12.6. The summed E-state index contributed by atoms with van der Waals surface area (Å²) < 4.78 is 1.76. The van der Waals surface area contributed by atoms with E-state index in [4.69, 9.17) is 0 Å². The number of hydrogen-bond donors (Lipinski definition) is 1. The van der Waals surface area contributed by atoms with Gasteiger partial charge in [-0.2, -0.15) is 0 Å². The standard InChI is InChI=1S/C16H11Br2NO/c1-9-2-3-13-14(8-19-15(13)4-9)16(20)10-5-11(17)7-12(18)6-10/h2-8,19H,1H3. The average Bonchev–Trinajstić information content (AvgIpc) is 2.79. The Balaban J connectivity index is 2.12. The van der Waals surface area contributed by atoms with E-state index in [9.17, 15) is 4.79 Å². The van der Waals surface area contributed by atoms with Crippen molar-refractivity contribution in [2.24, 2.45) is 0 Å². The largest absolute Gasteiger partial charge is 0.360 e. The first-order chi connectivity index (χ1) is 9.54. The highest BCUT2D eigenvalue weighted by molar-refractivity contribution is 9.11. The van der Waals surface area contributed by atoms with Crippen LogP contribution in [0.25, 0.3) is 10.9 Å². The summed E-state index contributed by atoms with van der Waals surface area (Å²) >= 11 is 6.83. The molecule has 0 radical (unpaired) electrons. The normalized spacial score (nSPS) is 10.9. The Kier molecular flexibility index (Phi) is 3.52. The molecule has 0 fully saturated rings. The number of benzene rings is 2. The van der Waals surface area contributed by atoms with Crippen LogP contribution in [0.1, 0.15) is 21.5 Å². The molecule has 20 heavy (non-hydrogen) atoms. The van der Waals surface area contributed by atoms with Crippen molar-refractivity contribution in [3.63, 3.8) is 0 Å². The molecule has 0 amide bonds. The van der Waals surface area contributed by atoms with Crippen LogP contribution in [0.2, 0.25) is 0 Å². The van der Waals surface area contributed by atoms with Crippen molar-refractivity contribution in [3.8, 4) is 0 Å². The van der Waals surface area contributed by atoms with Gasteiger partial charge in [0.1, 0.15) is 0 Å². The van der Waals surface area contributed by atoms with Crippen molar-refractivity contribution in [1.29, 1.82) is 0 Å². The SMILES string of the molecule is Cc1ccc2c(C(=O)c3cc(Br)cc(Br)c3)c[nH]c2c1. The number of nitrogens with one attached hydrogen (secondary N) is 1. The molecule has 0 spiro atoms. The molecule has 3 rings (SSSR count). The molecule has 4 heteroatoms. The highest BCUT2D eigenvalue weighted by Crippen LogP contribution is 2.25. The second kappa shape index (κ2) is 5.19. The molecule has 1 N–H and O–H groups in total. The number of aromatic amines is 1. The molecule has 1 heterocycles. The molecular weight excluding hydrogens is 382 g/mol. The topological polar surface area (TPSA) is 32.9 Å². The first kappa shape index (κ1) is 13.6. The zero-order chi connectivity index (χ0) is 14.3. The van der Waals surface area contributed by atoms with Gasteiger partial charge in [-0.3, -0.25) is 4.79 Å². The van der Waals surface area contributed by atoms with Crippen molar-refractivity contribution >= 4 is 48.5 Å². The third-order valence-electron chi connectivity index (χ3n) is 3.21. The van der Waals surface area contributed by atoms with E-state index in [0.717, 1.165) is 19.8 Å². The van der Waals surface area contributed by atoms with Crippen LogP contribution < -0.4 is 0 Å². The van der Waals surface area contributed by atoms with Gasteiger partial charge in [0, 0.05) is 37.2 Å². The molecule has 0 unspecified atom stereocenters. The highest BCUT2D eigenvalue weighted by atomic mass is 79.9. The molecule has 2 aromatic carbocycles. The predicted molar refractivity (Wildman–Crippen MR) is 88.3 cm³/mol. The van der Waals surface area contributed by atoms with Gasteiger partial charge in [-0.1, -0.05) is 44.0 Å². The summed E-state index contributed by atoms with van der Waals surface area (Å²) in [6.07, 6.45) is 1.78. The zero-order valence-corrected chi connectivity index (χ0v) is 13.9. The smallest absolute Gasteiger partial charge is 0.195 e. The molecule has 2 nitrogen and oxygen atoms in total. The second-order valence-electron chi connectivity index (χ2n) is 4.74. The molecule has 0 aliphatic carbocycles. The molecule has 0 aliphatic rings. The Labute approximate surface area is 133 Å². The Morgan fingerprint density at radius 3 is 2.45 bits per heavy atom. The minimum Gasteiger partial charge on any atom is -0.360 e. The number of H-pyrrole nitrogens is 1. The maximum Gasteiger partial charge on any atom is 0.195 e. The summed E-state index contributed by atoms with van der Waals surface area (Å²) in [4.78, 5) is 15.8. The fourth-order valence-electron chi connectivity index (χ4n) is 2.27. The molecule has 0 saturated heterocycles.